The number of allylic oxidation sites excluding steroid dienone is 2. The monoisotopic (exact) mass is 266 g/mol. The van der Waals surface area contributed by atoms with Crippen molar-refractivity contribution in [3.8, 4) is 0 Å². The Morgan fingerprint density at radius 2 is 2.20 bits per heavy atom. The van der Waals surface area contributed by atoms with E-state index in [1.165, 1.54) is 0 Å². The van der Waals surface area contributed by atoms with Crippen LogP contribution in [0.2, 0.25) is 0 Å². The first-order valence-corrected chi connectivity index (χ1v) is 4.41. The van der Waals surface area contributed by atoms with Crippen LogP contribution in [-0.2, 0) is 0 Å². The highest BCUT2D eigenvalue weighted by Crippen LogP contribution is 2.28. The molecule has 2 unspecified atom stereocenters. The van der Waals surface area contributed by atoms with Crippen molar-refractivity contribution in [3.63, 3.8) is 0 Å². The molecule has 0 aliphatic heterocycles. The summed E-state index contributed by atoms with van der Waals surface area (Å²) in [5.41, 5.74) is 11.5. The van der Waals surface area contributed by atoms with Crippen LogP contribution in [0.4, 0.5) is 0 Å². The second-order valence-corrected chi connectivity index (χ2v) is 4.50. The van der Waals surface area contributed by atoms with Crippen LogP contribution < -0.4 is 11.5 Å². The topological polar surface area (TPSA) is 52.0 Å². The van der Waals surface area contributed by atoms with E-state index in [0.717, 1.165) is 4.48 Å². The minimum atomic E-state index is -0.597. The quantitative estimate of drug-likeness (QED) is 0.512. The van der Waals surface area contributed by atoms with Crippen LogP contribution >= 0.6 is 31.9 Å². The molecule has 1 aliphatic rings. The number of hydrogen-bond acceptors (Lipinski definition) is 2. The summed E-state index contributed by atoms with van der Waals surface area (Å²) in [6, 6.07) is -0.197. The van der Waals surface area contributed by atoms with E-state index in [-0.39, 0.29) is 6.04 Å². The predicted octanol–water partition coefficient (Wildman–Crippen LogP) is 1.21. The SMILES string of the molecule is NC1C(Br)=CC=CC1(N)Br. The molecule has 2 nitrogen and oxygen atoms in total. The van der Waals surface area contributed by atoms with Gasteiger partial charge in [0.1, 0.15) is 4.45 Å². The van der Waals surface area contributed by atoms with Crippen molar-refractivity contribution in [1.29, 1.82) is 0 Å². The second-order valence-electron chi connectivity index (χ2n) is 2.22. The van der Waals surface area contributed by atoms with Crippen molar-refractivity contribution in [2.75, 3.05) is 0 Å². The molecule has 0 amide bonds. The van der Waals surface area contributed by atoms with E-state index in [4.69, 9.17) is 11.5 Å². The molecule has 0 radical (unpaired) electrons. The van der Waals surface area contributed by atoms with Gasteiger partial charge in [-0.05, 0) is 0 Å². The maximum Gasteiger partial charge on any atom is 0.111 e. The molecule has 1 aliphatic carbocycles. The number of halogens is 2. The molecule has 0 aromatic heterocycles. The molecule has 0 spiro atoms. The standard InChI is InChI=1S/C6H8Br2N2/c7-4-2-1-3-6(8,10)5(4)9/h1-3,5H,9-10H2. The molecular formula is C6H8Br2N2. The third kappa shape index (κ3) is 1.50. The lowest BCUT2D eigenvalue weighted by Crippen LogP contribution is -2.49. The van der Waals surface area contributed by atoms with Gasteiger partial charge in [0.15, 0.2) is 0 Å². The smallest absolute Gasteiger partial charge is 0.111 e. The number of hydrogen-bond donors (Lipinski definition) is 2. The van der Waals surface area contributed by atoms with Gasteiger partial charge < -0.3 is 11.5 Å². The fourth-order valence-corrected chi connectivity index (χ4v) is 1.94. The summed E-state index contributed by atoms with van der Waals surface area (Å²) in [5, 5.41) is 0. The Hall–Kier alpha value is 0.360. The first-order chi connectivity index (χ1) is 4.54. The van der Waals surface area contributed by atoms with E-state index in [2.05, 4.69) is 31.9 Å². The zero-order valence-corrected chi connectivity index (χ0v) is 8.39. The normalized spacial score (nSPS) is 39.6. The molecule has 0 fully saturated rings. The van der Waals surface area contributed by atoms with E-state index in [1.54, 1.807) is 0 Å². The Bertz CT molecular complexity index is 196. The zero-order chi connectivity index (χ0) is 7.78. The van der Waals surface area contributed by atoms with Gasteiger partial charge in [-0.2, -0.15) is 0 Å². The Balaban J connectivity index is 2.89. The summed E-state index contributed by atoms with van der Waals surface area (Å²) in [7, 11) is 0. The Morgan fingerprint density at radius 1 is 1.60 bits per heavy atom. The summed E-state index contributed by atoms with van der Waals surface area (Å²) in [4.78, 5) is 0. The first-order valence-electron chi connectivity index (χ1n) is 2.82. The van der Waals surface area contributed by atoms with Gasteiger partial charge in [0.25, 0.3) is 0 Å². The summed E-state index contributed by atoms with van der Waals surface area (Å²) in [5.74, 6) is 0. The van der Waals surface area contributed by atoms with Crippen molar-refractivity contribution in [1.82, 2.24) is 0 Å². The molecule has 0 aromatic rings. The van der Waals surface area contributed by atoms with Crippen LogP contribution in [0.15, 0.2) is 22.7 Å². The van der Waals surface area contributed by atoms with Gasteiger partial charge in [-0.1, -0.05) is 50.1 Å². The molecule has 2 atom stereocenters. The summed E-state index contributed by atoms with van der Waals surface area (Å²) < 4.78 is 0.315. The molecule has 1 rings (SSSR count). The fourth-order valence-electron chi connectivity index (χ4n) is 0.706. The van der Waals surface area contributed by atoms with E-state index in [9.17, 15) is 0 Å². The average molecular weight is 268 g/mol. The lowest BCUT2D eigenvalue weighted by molar-refractivity contribution is 0.654. The predicted molar refractivity (Wildman–Crippen MR) is 50.0 cm³/mol. The molecule has 56 valence electrons. The molecule has 10 heavy (non-hydrogen) atoms. The Labute approximate surface area is 76.6 Å². The molecule has 0 bridgehead atoms. The number of nitrogens with two attached hydrogens (primary N) is 2. The maximum atomic E-state index is 5.75. The maximum absolute atomic E-state index is 5.75. The lowest BCUT2D eigenvalue weighted by Gasteiger charge is -2.28. The van der Waals surface area contributed by atoms with Crippen LogP contribution in [0.3, 0.4) is 0 Å². The summed E-state index contributed by atoms with van der Waals surface area (Å²) in [6.45, 7) is 0. The van der Waals surface area contributed by atoms with Crippen molar-refractivity contribution in [3.05, 3.63) is 22.7 Å². The Kier molecular flexibility index (Phi) is 2.34. The van der Waals surface area contributed by atoms with Gasteiger partial charge in [0.2, 0.25) is 0 Å². The average Bonchev–Trinajstić information content (AvgIpc) is 1.83. The van der Waals surface area contributed by atoms with Crippen molar-refractivity contribution < 1.29 is 0 Å². The first kappa shape index (κ1) is 8.46. The van der Waals surface area contributed by atoms with Crippen LogP contribution in [0, 0.1) is 0 Å². The largest absolute Gasteiger partial charge is 0.321 e. The van der Waals surface area contributed by atoms with E-state index in [0.29, 0.717) is 0 Å². The van der Waals surface area contributed by atoms with E-state index < -0.39 is 4.45 Å². The van der Waals surface area contributed by atoms with Crippen LogP contribution in [-0.4, -0.2) is 10.5 Å². The molecule has 0 saturated carbocycles. The summed E-state index contributed by atoms with van der Waals surface area (Å²) >= 11 is 6.60. The molecule has 0 saturated heterocycles. The third-order valence-corrected chi connectivity index (χ3v) is 2.90. The molecule has 0 aromatic carbocycles. The van der Waals surface area contributed by atoms with Gasteiger partial charge in [0, 0.05) is 4.48 Å². The minimum absolute atomic E-state index is 0.197. The van der Waals surface area contributed by atoms with Gasteiger partial charge in [-0.25, -0.2) is 0 Å². The highest BCUT2D eigenvalue weighted by molar-refractivity contribution is 9.12. The van der Waals surface area contributed by atoms with Crippen LogP contribution in [0.1, 0.15) is 0 Å². The number of rotatable bonds is 0. The Morgan fingerprint density at radius 3 is 2.60 bits per heavy atom. The van der Waals surface area contributed by atoms with E-state index >= 15 is 0 Å². The van der Waals surface area contributed by atoms with Crippen LogP contribution in [0.5, 0.6) is 0 Å². The highest BCUT2D eigenvalue weighted by atomic mass is 79.9. The van der Waals surface area contributed by atoms with Crippen LogP contribution in [0.25, 0.3) is 0 Å². The molecule has 4 N–H and O–H groups in total. The minimum Gasteiger partial charge on any atom is -0.321 e. The molecular weight excluding hydrogens is 260 g/mol. The van der Waals surface area contributed by atoms with E-state index in [1.807, 2.05) is 18.2 Å². The van der Waals surface area contributed by atoms with Gasteiger partial charge in [-0.3, -0.25) is 0 Å². The fraction of sp³-hybridized carbons (Fsp3) is 0.333. The van der Waals surface area contributed by atoms with Gasteiger partial charge >= 0.3 is 0 Å². The number of alkyl halides is 1. The van der Waals surface area contributed by atoms with Gasteiger partial charge in [-0.15, -0.1) is 0 Å². The highest BCUT2D eigenvalue weighted by Gasteiger charge is 2.29. The zero-order valence-electron chi connectivity index (χ0n) is 5.22. The molecule has 0 heterocycles. The van der Waals surface area contributed by atoms with Crippen molar-refractivity contribution in [2.24, 2.45) is 11.5 Å². The van der Waals surface area contributed by atoms with Gasteiger partial charge in [0.05, 0.1) is 6.04 Å². The molecule has 4 heteroatoms. The summed E-state index contributed by atoms with van der Waals surface area (Å²) in [6.07, 6.45) is 5.57. The lowest BCUT2D eigenvalue weighted by atomic mass is 10.1. The van der Waals surface area contributed by atoms with Crippen molar-refractivity contribution in [2.45, 2.75) is 10.5 Å². The second kappa shape index (κ2) is 2.77. The third-order valence-electron chi connectivity index (χ3n) is 1.38. The van der Waals surface area contributed by atoms with Crippen molar-refractivity contribution >= 4 is 31.9 Å².